The SMILES string of the molecule is BOC(=O)CN. The molecule has 0 spiro atoms. The monoisotopic (exact) mass is 87.0 g/mol. The van der Waals surface area contributed by atoms with Crippen molar-refractivity contribution in [1.29, 1.82) is 0 Å². The molecule has 0 aromatic carbocycles. The highest BCUT2D eigenvalue weighted by atomic mass is 16.5. The number of rotatable bonds is 1. The number of hydrogen-bond acceptors (Lipinski definition) is 3. The van der Waals surface area contributed by atoms with Crippen LogP contribution in [0, 0.1) is 0 Å². The second-order valence-corrected chi connectivity index (χ2v) is 0.780. The van der Waals surface area contributed by atoms with Gasteiger partial charge < -0.3 is 10.4 Å². The van der Waals surface area contributed by atoms with E-state index in [-0.39, 0.29) is 12.5 Å². The molecule has 0 aromatic rings. The molecule has 0 aromatic heterocycles. The second kappa shape index (κ2) is 2.72. The van der Waals surface area contributed by atoms with E-state index in [0.29, 0.717) is 0 Å². The predicted molar refractivity (Wildman–Crippen MR) is 23.7 cm³/mol. The predicted octanol–water partition coefficient (Wildman–Crippen LogP) is -1.96. The number of carbonyl (C=O) groups is 1. The van der Waals surface area contributed by atoms with E-state index in [2.05, 4.69) is 4.65 Å². The third kappa shape index (κ3) is 1.78. The lowest BCUT2D eigenvalue weighted by molar-refractivity contribution is -0.132. The molecule has 0 bridgehead atoms. The molecule has 0 amide bonds. The maximum Gasteiger partial charge on any atom is 0.326 e. The van der Waals surface area contributed by atoms with E-state index in [1.54, 1.807) is 0 Å². The highest BCUT2D eigenvalue weighted by Gasteiger charge is 1.87. The van der Waals surface area contributed by atoms with Gasteiger partial charge in [0.1, 0.15) is 0 Å². The molecule has 2 N–H and O–H groups in total. The molecule has 0 fully saturated rings. The van der Waals surface area contributed by atoms with Gasteiger partial charge in [-0.15, -0.1) is 0 Å². The first-order chi connectivity index (χ1) is 2.81. The average Bonchev–Trinajstić information content (AvgIpc) is 1.65. The fourth-order valence-corrected chi connectivity index (χ4v) is 0.0833. The molecular weight excluding hydrogens is 80.8 g/mol. The van der Waals surface area contributed by atoms with Crippen molar-refractivity contribution in [3.05, 3.63) is 0 Å². The quantitative estimate of drug-likeness (QED) is 0.377. The maximum absolute atomic E-state index is 9.83. The molecule has 0 atom stereocenters. The number of hydrogen-bond donors (Lipinski definition) is 1. The summed E-state index contributed by atoms with van der Waals surface area (Å²) in [5, 5.41) is 0. The van der Waals surface area contributed by atoms with Crippen molar-refractivity contribution in [2.75, 3.05) is 6.54 Å². The molecule has 0 heterocycles. The van der Waals surface area contributed by atoms with Crippen molar-refractivity contribution in [2.24, 2.45) is 5.73 Å². The van der Waals surface area contributed by atoms with Gasteiger partial charge in [-0.25, -0.2) is 0 Å². The molecule has 34 valence electrons. The summed E-state index contributed by atoms with van der Waals surface area (Å²) in [6.07, 6.45) is 0. The van der Waals surface area contributed by atoms with Crippen molar-refractivity contribution < 1.29 is 9.45 Å². The van der Waals surface area contributed by atoms with Crippen LogP contribution in [0.15, 0.2) is 0 Å². The van der Waals surface area contributed by atoms with E-state index in [9.17, 15) is 4.79 Å². The summed E-state index contributed by atoms with van der Waals surface area (Å²) in [6, 6.07) is 0. The smallest absolute Gasteiger partial charge is 0.326 e. The van der Waals surface area contributed by atoms with E-state index < -0.39 is 0 Å². The summed E-state index contributed by atoms with van der Waals surface area (Å²) in [6.45, 7) is -0.0312. The lowest BCUT2D eigenvalue weighted by atomic mass is 10.5. The largest absolute Gasteiger partial charge is 0.542 e. The van der Waals surface area contributed by atoms with Crippen LogP contribution >= 0.6 is 0 Å². The zero-order valence-corrected chi connectivity index (χ0v) is 3.60. The number of carbonyl (C=O) groups excluding carboxylic acids is 1. The number of nitrogens with two attached hydrogens (primary N) is 1. The van der Waals surface area contributed by atoms with Crippen LogP contribution < -0.4 is 5.73 Å². The summed E-state index contributed by atoms with van der Waals surface area (Å²) in [7, 11) is 1.30. The minimum atomic E-state index is -0.380. The van der Waals surface area contributed by atoms with E-state index in [0.717, 1.165) is 0 Å². The Morgan fingerprint density at radius 3 is 2.50 bits per heavy atom. The minimum Gasteiger partial charge on any atom is -0.542 e. The molecule has 6 heavy (non-hydrogen) atoms. The molecule has 0 saturated carbocycles. The highest BCUT2D eigenvalue weighted by molar-refractivity contribution is 6.05. The van der Waals surface area contributed by atoms with Gasteiger partial charge in [0.15, 0.2) is 0 Å². The van der Waals surface area contributed by atoms with Crippen LogP contribution in [0.1, 0.15) is 0 Å². The molecule has 0 saturated heterocycles. The molecular formula is C2H6BNO2. The van der Waals surface area contributed by atoms with Gasteiger partial charge in [-0.05, 0) is 0 Å². The van der Waals surface area contributed by atoms with Crippen LogP contribution in [-0.4, -0.2) is 20.6 Å². The molecule has 0 unspecified atom stereocenters. The van der Waals surface area contributed by atoms with Crippen LogP contribution in [-0.2, 0) is 9.45 Å². The van der Waals surface area contributed by atoms with Crippen molar-refractivity contribution in [3.8, 4) is 0 Å². The van der Waals surface area contributed by atoms with Crippen LogP contribution in [0.2, 0.25) is 0 Å². The van der Waals surface area contributed by atoms with Crippen molar-refractivity contribution in [2.45, 2.75) is 0 Å². The van der Waals surface area contributed by atoms with Gasteiger partial charge >= 0.3 is 14.0 Å². The van der Waals surface area contributed by atoms with Gasteiger partial charge in [0.05, 0.1) is 6.54 Å². The van der Waals surface area contributed by atoms with Gasteiger partial charge in [0, 0.05) is 0 Å². The Kier molecular flexibility index (Phi) is 2.49. The first kappa shape index (κ1) is 5.49. The van der Waals surface area contributed by atoms with Crippen molar-refractivity contribution in [3.63, 3.8) is 0 Å². The lowest BCUT2D eigenvalue weighted by Crippen LogP contribution is -2.14. The molecule has 0 aliphatic heterocycles. The molecule has 0 rings (SSSR count). The van der Waals surface area contributed by atoms with E-state index >= 15 is 0 Å². The second-order valence-electron chi connectivity index (χ2n) is 0.780. The van der Waals surface area contributed by atoms with Gasteiger partial charge in [0.25, 0.3) is 0 Å². The standard InChI is InChI=1S/C2H6BNO2/c3-6-2(5)1-4/h1,3-4H2. The van der Waals surface area contributed by atoms with Crippen LogP contribution in [0.3, 0.4) is 0 Å². The fourth-order valence-electron chi connectivity index (χ4n) is 0.0833. The van der Waals surface area contributed by atoms with Crippen molar-refractivity contribution >= 4 is 14.0 Å². The van der Waals surface area contributed by atoms with E-state index in [1.165, 1.54) is 8.05 Å². The Bertz CT molecular complexity index is 49.5. The van der Waals surface area contributed by atoms with Gasteiger partial charge in [-0.1, -0.05) is 0 Å². The Balaban J connectivity index is 2.99. The minimum absolute atomic E-state index is 0.0312. The topological polar surface area (TPSA) is 52.3 Å². The van der Waals surface area contributed by atoms with Gasteiger partial charge in [-0.3, -0.25) is 4.79 Å². The first-order valence-corrected chi connectivity index (χ1v) is 1.58. The molecule has 4 heteroatoms. The average molecular weight is 86.9 g/mol. The van der Waals surface area contributed by atoms with Gasteiger partial charge in [-0.2, -0.15) is 0 Å². The molecule has 0 radical (unpaired) electrons. The normalized spacial score (nSPS) is 7.50. The van der Waals surface area contributed by atoms with Gasteiger partial charge in [0.2, 0.25) is 0 Å². The molecule has 0 aliphatic carbocycles. The Morgan fingerprint density at radius 2 is 2.50 bits per heavy atom. The summed E-state index contributed by atoms with van der Waals surface area (Å²) in [5.41, 5.74) is 4.81. The molecule has 0 aliphatic rings. The third-order valence-corrected chi connectivity index (χ3v) is 0.394. The molecule has 3 nitrogen and oxygen atoms in total. The summed E-state index contributed by atoms with van der Waals surface area (Å²) in [5.74, 6) is -0.380. The lowest BCUT2D eigenvalue weighted by Gasteiger charge is -1.88. The maximum atomic E-state index is 9.83. The zero-order chi connectivity index (χ0) is 4.99. The highest BCUT2D eigenvalue weighted by Crippen LogP contribution is 1.59. The summed E-state index contributed by atoms with van der Waals surface area (Å²) in [4.78, 5) is 9.83. The Labute approximate surface area is 36.9 Å². The van der Waals surface area contributed by atoms with Crippen LogP contribution in [0.4, 0.5) is 0 Å². The zero-order valence-electron chi connectivity index (χ0n) is 3.60. The fraction of sp³-hybridized carbons (Fsp3) is 0.500. The summed E-state index contributed by atoms with van der Waals surface area (Å²) >= 11 is 0. The van der Waals surface area contributed by atoms with E-state index in [4.69, 9.17) is 5.73 Å². The Hall–Kier alpha value is -0.505. The van der Waals surface area contributed by atoms with Crippen molar-refractivity contribution in [1.82, 2.24) is 0 Å². The van der Waals surface area contributed by atoms with E-state index in [1.807, 2.05) is 0 Å². The Morgan fingerprint density at radius 1 is 2.00 bits per heavy atom. The van der Waals surface area contributed by atoms with Crippen LogP contribution in [0.5, 0.6) is 0 Å². The summed E-state index contributed by atoms with van der Waals surface area (Å²) < 4.78 is 4.14. The first-order valence-electron chi connectivity index (χ1n) is 1.58. The third-order valence-electron chi connectivity index (χ3n) is 0.394. The van der Waals surface area contributed by atoms with Crippen LogP contribution in [0.25, 0.3) is 0 Å².